The molecular weight excluding hydrogens is 262 g/mol. The molecular formula is C14H23NO5. The minimum Gasteiger partial charge on any atom is -0.481 e. The predicted molar refractivity (Wildman–Crippen MR) is 72.3 cm³/mol. The van der Waals surface area contributed by atoms with Gasteiger partial charge >= 0.3 is 5.97 Å². The Hall–Kier alpha value is -1.14. The fourth-order valence-electron chi connectivity index (χ4n) is 3.31. The van der Waals surface area contributed by atoms with Gasteiger partial charge in [-0.1, -0.05) is 5.16 Å². The maximum atomic E-state index is 10.3. The summed E-state index contributed by atoms with van der Waals surface area (Å²) in [7, 11) is 0. The molecule has 3 N–H and O–H groups in total. The Balaban J connectivity index is 1.78. The molecule has 0 radical (unpaired) electrons. The standard InChI is InChI=1S/C14H23NO5/c1-8(16)2-3-9-10-6-12(11(10)7-13(9)17)15-20-5-4-14(18)19/h8-11,13,16-17H,2-7H2,1H3,(H,18,19). The lowest BCUT2D eigenvalue weighted by Crippen LogP contribution is -2.37. The highest BCUT2D eigenvalue weighted by molar-refractivity contribution is 5.93. The first-order valence-electron chi connectivity index (χ1n) is 7.25. The Morgan fingerprint density at radius 1 is 1.55 bits per heavy atom. The van der Waals surface area contributed by atoms with Gasteiger partial charge in [0.15, 0.2) is 0 Å². The molecule has 2 aliphatic carbocycles. The summed E-state index contributed by atoms with van der Waals surface area (Å²) in [6, 6.07) is 0. The SMILES string of the molecule is CC(O)CCC1C(O)CC2C(=NOCCC(=O)O)CC21. The number of hydrogen-bond donors (Lipinski definition) is 3. The number of carboxylic acid groups (broad SMARTS) is 1. The molecule has 0 aromatic rings. The molecule has 2 rings (SSSR count). The van der Waals surface area contributed by atoms with Crippen LogP contribution < -0.4 is 0 Å². The van der Waals surface area contributed by atoms with E-state index in [0.29, 0.717) is 18.8 Å². The van der Waals surface area contributed by atoms with Crippen molar-refractivity contribution in [3.05, 3.63) is 0 Å². The molecule has 2 aliphatic rings. The molecule has 5 atom stereocenters. The highest BCUT2D eigenvalue weighted by atomic mass is 16.6. The Morgan fingerprint density at radius 2 is 2.30 bits per heavy atom. The van der Waals surface area contributed by atoms with Gasteiger partial charge in [0.2, 0.25) is 0 Å². The fourth-order valence-corrected chi connectivity index (χ4v) is 3.31. The van der Waals surface area contributed by atoms with Crippen LogP contribution >= 0.6 is 0 Å². The van der Waals surface area contributed by atoms with E-state index >= 15 is 0 Å². The highest BCUT2D eigenvalue weighted by Gasteiger charge is 2.51. The summed E-state index contributed by atoms with van der Waals surface area (Å²) in [5.41, 5.74) is 0.944. The fraction of sp³-hybridized carbons (Fsp3) is 0.857. The van der Waals surface area contributed by atoms with E-state index in [2.05, 4.69) is 5.16 Å². The maximum absolute atomic E-state index is 10.3. The van der Waals surface area contributed by atoms with Crippen LogP contribution in [0.25, 0.3) is 0 Å². The summed E-state index contributed by atoms with van der Waals surface area (Å²) in [5, 5.41) is 31.9. The Labute approximate surface area is 118 Å². The molecule has 6 nitrogen and oxygen atoms in total. The lowest BCUT2D eigenvalue weighted by atomic mass is 9.70. The molecule has 2 fully saturated rings. The first-order chi connectivity index (χ1) is 9.49. The molecule has 0 bridgehead atoms. The van der Waals surface area contributed by atoms with Gasteiger partial charge in [0.05, 0.1) is 24.3 Å². The monoisotopic (exact) mass is 285 g/mol. The van der Waals surface area contributed by atoms with Crippen LogP contribution in [0.1, 0.15) is 39.0 Å². The first-order valence-corrected chi connectivity index (χ1v) is 7.25. The van der Waals surface area contributed by atoms with Crippen molar-refractivity contribution in [1.29, 1.82) is 0 Å². The number of aliphatic hydroxyl groups is 2. The summed E-state index contributed by atoms with van der Waals surface area (Å²) in [6.07, 6.45) is 2.38. The number of hydrogen-bond acceptors (Lipinski definition) is 5. The van der Waals surface area contributed by atoms with Crippen molar-refractivity contribution < 1.29 is 25.0 Å². The molecule has 5 unspecified atom stereocenters. The molecule has 0 aromatic heterocycles. The number of aliphatic carboxylic acids is 1. The Kier molecular flexibility index (Phi) is 4.99. The largest absolute Gasteiger partial charge is 0.481 e. The average molecular weight is 285 g/mol. The van der Waals surface area contributed by atoms with E-state index in [1.807, 2.05) is 0 Å². The molecule has 2 saturated carbocycles. The van der Waals surface area contributed by atoms with Crippen LogP contribution in [0.5, 0.6) is 0 Å². The van der Waals surface area contributed by atoms with Crippen LogP contribution in [0.2, 0.25) is 0 Å². The van der Waals surface area contributed by atoms with Gasteiger partial charge in [0, 0.05) is 5.92 Å². The van der Waals surface area contributed by atoms with E-state index in [0.717, 1.165) is 18.6 Å². The molecule has 0 amide bonds. The van der Waals surface area contributed by atoms with Gasteiger partial charge in [-0.15, -0.1) is 0 Å². The van der Waals surface area contributed by atoms with Gasteiger partial charge < -0.3 is 20.2 Å². The number of rotatable bonds is 7. The molecule has 0 aromatic carbocycles. The zero-order valence-corrected chi connectivity index (χ0v) is 11.7. The molecule has 0 heterocycles. The summed E-state index contributed by atoms with van der Waals surface area (Å²) >= 11 is 0. The van der Waals surface area contributed by atoms with Crippen LogP contribution in [0.15, 0.2) is 5.16 Å². The number of nitrogens with zero attached hydrogens (tertiary/aromatic N) is 1. The lowest BCUT2D eigenvalue weighted by Gasteiger charge is -2.35. The maximum Gasteiger partial charge on any atom is 0.306 e. The average Bonchev–Trinajstić information content (AvgIpc) is 2.59. The van der Waals surface area contributed by atoms with E-state index in [1.54, 1.807) is 6.92 Å². The van der Waals surface area contributed by atoms with Gasteiger partial charge in [0.25, 0.3) is 0 Å². The molecule has 114 valence electrons. The summed E-state index contributed by atoms with van der Waals surface area (Å²) in [4.78, 5) is 15.4. The summed E-state index contributed by atoms with van der Waals surface area (Å²) in [5.74, 6) is 0.0538. The van der Waals surface area contributed by atoms with Crippen LogP contribution in [0.4, 0.5) is 0 Å². The van der Waals surface area contributed by atoms with Crippen LogP contribution in [-0.2, 0) is 9.63 Å². The molecule has 6 heteroatoms. The second-order valence-corrected chi connectivity index (χ2v) is 5.93. The van der Waals surface area contributed by atoms with Crippen molar-refractivity contribution >= 4 is 11.7 Å². The number of oxime groups is 1. The quantitative estimate of drug-likeness (QED) is 0.479. The molecule has 0 saturated heterocycles. The van der Waals surface area contributed by atoms with Crippen molar-refractivity contribution in [2.75, 3.05) is 6.61 Å². The number of aliphatic hydroxyl groups excluding tert-OH is 2. The summed E-state index contributed by atoms with van der Waals surface area (Å²) in [6.45, 7) is 1.85. The third kappa shape index (κ3) is 3.49. The minimum absolute atomic E-state index is 0.0511. The lowest BCUT2D eigenvalue weighted by molar-refractivity contribution is -0.138. The molecule has 0 spiro atoms. The topological polar surface area (TPSA) is 99.4 Å². The van der Waals surface area contributed by atoms with Gasteiger partial charge in [0.1, 0.15) is 6.61 Å². The predicted octanol–water partition coefficient (Wildman–Crippen LogP) is 1.01. The van der Waals surface area contributed by atoms with Gasteiger partial charge in [-0.2, -0.15) is 0 Å². The van der Waals surface area contributed by atoms with Crippen LogP contribution in [-0.4, -0.2) is 45.8 Å². The van der Waals surface area contributed by atoms with Crippen molar-refractivity contribution in [3.8, 4) is 0 Å². The van der Waals surface area contributed by atoms with Gasteiger partial charge in [-0.3, -0.25) is 4.79 Å². The van der Waals surface area contributed by atoms with Crippen LogP contribution in [0.3, 0.4) is 0 Å². The van der Waals surface area contributed by atoms with Crippen molar-refractivity contribution in [1.82, 2.24) is 0 Å². The smallest absolute Gasteiger partial charge is 0.306 e. The zero-order chi connectivity index (χ0) is 14.7. The highest BCUT2D eigenvalue weighted by Crippen LogP contribution is 2.50. The van der Waals surface area contributed by atoms with E-state index in [4.69, 9.17) is 9.94 Å². The van der Waals surface area contributed by atoms with E-state index in [1.165, 1.54) is 0 Å². The number of carboxylic acids is 1. The van der Waals surface area contributed by atoms with E-state index < -0.39 is 5.97 Å². The van der Waals surface area contributed by atoms with Gasteiger partial charge in [-0.25, -0.2) is 0 Å². The van der Waals surface area contributed by atoms with Crippen molar-refractivity contribution in [2.24, 2.45) is 22.9 Å². The van der Waals surface area contributed by atoms with Crippen LogP contribution in [0, 0.1) is 17.8 Å². The van der Waals surface area contributed by atoms with Gasteiger partial charge in [-0.05, 0) is 44.4 Å². The number of fused-ring (bicyclic) bond motifs is 1. The molecule has 0 aliphatic heterocycles. The third-order valence-electron chi connectivity index (χ3n) is 4.44. The first kappa shape index (κ1) is 15.3. The summed E-state index contributed by atoms with van der Waals surface area (Å²) < 4.78 is 0. The third-order valence-corrected chi connectivity index (χ3v) is 4.44. The Morgan fingerprint density at radius 3 is 2.95 bits per heavy atom. The van der Waals surface area contributed by atoms with E-state index in [9.17, 15) is 15.0 Å². The van der Waals surface area contributed by atoms with Crippen molar-refractivity contribution in [3.63, 3.8) is 0 Å². The normalized spacial score (nSPS) is 35.5. The molecule has 20 heavy (non-hydrogen) atoms. The number of carbonyl (C=O) groups is 1. The zero-order valence-electron chi connectivity index (χ0n) is 11.7. The minimum atomic E-state index is -0.897. The van der Waals surface area contributed by atoms with Crippen molar-refractivity contribution in [2.45, 2.75) is 51.2 Å². The van der Waals surface area contributed by atoms with E-state index in [-0.39, 0.29) is 37.1 Å². The second kappa shape index (κ2) is 6.54. The second-order valence-electron chi connectivity index (χ2n) is 5.93. The Bertz CT molecular complexity index is 382.